The van der Waals surface area contributed by atoms with E-state index in [9.17, 15) is 18.3 Å². The van der Waals surface area contributed by atoms with Crippen molar-refractivity contribution in [2.45, 2.75) is 17.9 Å². The first kappa shape index (κ1) is 17.8. The fraction of sp³-hybridized carbons (Fsp3) is 0.167. The molecule has 0 spiro atoms. The van der Waals surface area contributed by atoms with Crippen LogP contribution >= 0.6 is 15.9 Å². The molecular weight excluding hydrogens is 406 g/mol. The van der Waals surface area contributed by atoms with E-state index >= 15 is 0 Å². The Morgan fingerprint density at radius 3 is 2.28 bits per heavy atom. The summed E-state index contributed by atoms with van der Waals surface area (Å²) in [5.41, 5.74) is 1.64. The molecule has 1 aliphatic rings. The number of carboxylic acids is 1. The van der Waals surface area contributed by atoms with E-state index in [1.807, 2.05) is 6.92 Å². The van der Waals surface area contributed by atoms with E-state index in [1.54, 1.807) is 48.5 Å². The molecule has 1 atom stereocenters. The molecule has 1 heterocycles. The van der Waals surface area contributed by atoms with E-state index in [1.165, 1.54) is 10.4 Å². The number of carbonyl (C=O) groups is 1. The lowest BCUT2D eigenvalue weighted by atomic mass is 10.0. The maximum absolute atomic E-state index is 13.1. The van der Waals surface area contributed by atoms with Crippen molar-refractivity contribution in [3.63, 3.8) is 0 Å². The van der Waals surface area contributed by atoms with Crippen LogP contribution in [0.1, 0.15) is 17.2 Å². The molecule has 0 fully saturated rings. The summed E-state index contributed by atoms with van der Waals surface area (Å²) in [4.78, 5) is 11.8. The topological polar surface area (TPSA) is 74.7 Å². The van der Waals surface area contributed by atoms with Crippen LogP contribution in [-0.2, 0) is 14.8 Å². The monoisotopic (exact) mass is 421 g/mol. The van der Waals surface area contributed by atoms with E-state index in [2.05, 4.69) is 15.9 Å². The van der Waals surface area contributed by atoms with Gasteiger partial charge in [-0.15, -0.1) is 0 Å². The molecule has 2 aromatic carbocycles. The number of benzene rings is 2. The summed E-state index contributed by atoms with van der Waals surface area (Å²) in [7, 11) is -3.82. The van der Waals surface area contributed by atoms with Crippen LogP contribution in [-0.4, -0.2) is 30.3 Å². The highest BCUT2D eigenvalue weighted by molar-refractivity contribution is 9.10. The lowest BCUT2D eigenvalue weighted by Crippen LogP contribution is -2.33. The molecule has 1 N–H and O–H groups in total. The Balaban J connectivity index is 2.06. The predicted molar refractivity (Wildman–Crippen MR) is 97.7 cm³/mol. The lowest BCUT2D eigenvalue weighted by Gasteiger charge is -2.26. The molecular formula is C18H16BrNO4S. The quantitative estimate of drug-likeness (QED) is 0.819. The summed E-state index contributed by atoms with van der Waals surface area (Å²) in [5, 5.41) is 9.49. The highest BCUT2D eigenvalue weighted by Gasteiger charge is 2.40. The van der Waals surface area contributed by atoms with E-state index in [0.29, 0.717) is 5.56 Å². The smallest absolute Gasteiger partial charge is 0.333 e. The van der Waals surface area contributed by atoms with Gasteiger partial charge in [0.1, 0.15) is 0 Å². The Morgan fingerprint density at radius 2 is 1.72 bits per heavy atom. The number of aliphatic carboxylic acids is 1. The van der Waals surface area contributed by atoms with Crippen LogP contribution in [0.5, 0.6) is 0 Å². The van der Waals surface area contributed by atoms with Gasteiger partial charge in [-0.25, -0.2) is 13.2 Å². The first-order valence-electron chi connectivity index (χ1n) is 7.58. The number of rotatable bonds is 4. The molecule has 0 aliphatic carbocycles. The van der Waals surface area contributed by atoms with E-state index < -0.39 is 22.0 Å². The molecule has 0 radical (unpaired) electrons. The van der Waals surface area contributed by atoms with Crippen LogP contribution in [0.15, 0.2) is 69.5 Å². The van der Waals surface area contributed by atoms with E-state index in [4.69, 9.17) is 0 Å². The van der Waals surface area contributed by atoms with Gasteiger partial charge in [-0.3, -0.25) is 0 Å². The van der Waals surface area contributed by atoms with Crippen LogP contribution in [0, 0.1) is 6.92 Å². The number of sulfonamides is 1. The van der Waals surface area contributed by atoms with Crippen molar-refractivity contribution in [2.24, 2.45) is 0 Å². The number of halogens is 1. The van der Waals surface area contributed by atoms with Gasteiger partial charge in [-0.1, -0.05) is 51.8 Å². The molecule has 1 aliphatic heterocycles. The van der Waals surface area contributed by atoms with Gasteiger partial charge >= 0.3 is 5.97 Å². The summed E-state index contributed by atoms with van der Waals surface area (Å²) in [6.45, 7) is 1.90. The first-order chi connectivity index (χ1) is 11.8. The molecule has 1 unspecified atom stereocenters. The second-order valence-corrected chi connectivity index (χ2v) is 8.61. The molecule has 5 nitrogen and oxygen atoms in total. The molecule has 25 heavy (non-hydrogen) atoms. The minimum absolute atomic E-state index is 0.0264. The Hall–Kier alpha value is -1.96. The number of nitrogens with zero attached hydrogens (tertiary/aromatic N) is 1. The fourth-order valence-electron chi connectivity index (χ4n) is 2.84. The van der Waals surface area contributed by atoms with Crippen molar-refractivity contribution >= 4 is 31.9 Å². The summed E-state index contributed by atoms with van der Waals surface area (Å²) in [6.07, 6.45) is 1.46. The normalized spacial score (nSPS) is 18.2. The minimum Gasteiger partial charge on any atom is -0.478 e. The maximum Gasteiger partial charge on any atom is 0.333 e. The standard InChI is InChI=1S/C18H16BrNO4S/c1-12-2-8-15(9-3-12)25(23,24)20-11-10-16(18(21)22)17(20)13-4-6-14(19)7-5-13/h2-10,17H,11H2,1H3,(H,21,22). The van der Waals surface area contributed by atoms with Gasteiger partial charge in [0, 0.05) is 11.0 Å². The second-order valence-electron chi connectivity index (χ2n) is 5.81. The van der Waals surface area contributed by atoms with Crippen molar-refractivity contribution in [3.05, 3.63) is 75.8 Å². The van der Waals surface area contributed by atoms with E-state index in [-0.39, 0.29) is 17.0 Å². The van der Waals surface area contributed by atoms with Crippen LogP contribution < -0.4 is 0 Å². The Labute approximate surface area is 154 Å². The molecule has 0 saturated carbocycles. The third-order valence-electron chi connectivity index (χ3n) is 4.13. The second kappa shape index (κ2) is 6.74. The van der Waals surface area contributed by atoms with Gasteiger partial charge in [-0.2, -0.15) is 4.31 Å². The number of carboxylic acid groups (broad SMARTS) is 1. The maximum atomic E-state index is 13.1. The summed E-state index contributed by atoms with van der Waals surface area (Å²) in [5.74, 6) is -1.12. The van der Waals surface area contributed by atoms with Gasteiger partial charge in [0.25, 0.3) is 0 Å². The van der Waals surface area contributed by atoms with Crippen LogP contribution in [0.25, 0.3) is 0 Å². The predicted octanol–water partition coefficient (Wildman–Crippen LogP) is 3.51. The van der Waals surface area contributed by atoms with Gasteiger partial charge in [0.15, 0.2) is 0 Å². The zero-order valence-electron chi connectivity index (χ0n) is 13.4. The molecule has 0 aromatic heterocycles. The average molecular weight is 422 g/mol. The van der Waals surface area contributed by atoms with Gasteiger partial charge < -0.3 is 5.11 Å². The largest absolute Gasteiger partial charge is 0.478 e. The van der Waals surface area contributed by atoms with Crippen LogP contribution in [0.2, 0.25) is 0 Å². The van der Waals surface area contributed by atoms with Crippen molar-refractivity contribution in [1.29, 1.82) is 0 Å². The molecule has 2 aromatic rings. The fourth-order valence-corrected chi connectivity index (χ4v) is 4.64. The van der Waals surface area contributed by atoms with Crippen molar-refractivity contribution in [3.8, 4) is 0 Å². The number of hydrogen-bond donors (Lipinski definition) is 1. The van der Waals surface area contributed by atoms with E-state index in [0.717, 1.165) is 10.0 Å². The van der Waals surface area contributed by atoms with Crippen molar-refractivity contribution < 1.29 is 18.3 Å². The minimum atomic E-state index is -3.82. The summed E-state index contributed by atoms with van der Waals surface area (Å²) >= 11 is 3.33. The highest BCUT2D eigenvalue weighted by atomic mass is 79.9. The zero-order chi connectivity index (χ0) is 18.2. The van der Waals surface area contributed by atoms with Crippen molar-refractivity contribution in [1.82, 2.24) is 4.31 Å². The molecule has 3 rings (SSSR count). The van der Waals surface area contributed by atoms with Crippen LogP contribution in [0.4, 0.5) is 0 Å². The van der Waals surface area contributed by atoms with Gasteiger partial charge in [0.2, 0.25) is 10.0 Å². The Kier molecular flexibility index (Phi) is 4.81. The van der Waals surface area contributed by atoms with Gasteiger partial charge in [0.05, 0.1) is 16.5 Å². The van der Waals surface area contributed by atoms with Crippen LogP contribution in [0.3, 0.4) is 0 Å². The van der Waals surface area contributed by atoms with Gasteiger partial charge in [-0.05, 0) is 36.8 Å². The molecule has 0 amide bonds. The lowest BCUT2D eigenvalue weighted by molar-refractivity contribution is -0.133. The third-order valence-corrected chi connectivity index (χ3v) is 6.51. The third kappa shape index (κ3) is 3.40. The molecule has 130 valence electrons. The summed E-state index contributed by atoms with van der Waals surface area (Å²) < 4.78 is 28.2. The number of hydrogen-bond acceptors (Lipinski definition) is 3. The SMILES string of the molecule is Cc1ccc(S(=O)(=O)N2CC=C(C(=O)O)C2c2ccc(Br)cc2)cc1. The van der Waals surface area contributed by atoms with Crippen molar-refractivity contribution in [2.75, 3.05) is 6.54 Å². The average Bonchev–Trinajstić information content (AvgIpc) is 3.02. The first-order valence-corrected chi connectivity index (χ1v) is 9.81. The Bertz CT molecular complexity index is 934. The zero-order valence-corrected chi connectivity index (χ0v) is 15.8. The summed E-state index contributed by atoms with van der Waals surface area (Å²) in [6, 6.07) is 12.7. The number of aryl methyl sites for hydroxylation is 1. The molecule has 0 saturated heterocycles. The molecule has 7 heteroatoms. The Morgan fingerprint density at radius 1 is 1.12 bits per heavy atom. The molecule has 0 bridgehead atoms. The highest BCUT2D eigenvalue weighted by Crippen LogP contribution is 2.38.